The SMILES string of the molecule is Fc1cccc(C2(F)CCCNCC2)c1. The van der Waals surface area contributed by atoms with Crippen molar-refractivity contribution in [2.45, 2.75) is 24.9 Å². The maximum absolute atomic E-state index is 14.5. The van der Waals surface area contributed by atoms with E-state index in [2.05, 4.69) is 5.32 Å². The fraction of sp³-hybridized carbons (Fsp3) is 0.500. The van der Waals surface area contributed by atoms with Gasteiger partial charge in [0.1, 0.15) is 11.5 Å². The van der Waals surface area contributed by atoms with Crippen LogP contribution >= 0.6 is 0 Å². The van der Waals surface area contributed by atoms with E-state index in [1.165, 1.54) is 12.1 Å². The van der Waals surface area contributed by atoms with Gasteiger partial charge in [0.25, 0.3) is 0 Å². The number of halogens is 2. The smallest absolute Gasteiger partial charge is 0.137 e. The molecular formula is C12H15F2N. The Morgan fingerprint density at radius 2 is 2.07 bits per heavy atom. The Bertz CT molecular complexity index is 330. The molecule has 1 saturated heterocycles. The molecule has 1 heterocycles. The molecular weight excluding hydrogens is 196 g/mol. The van der Waals surface area contributed by atoms with Crippen molar-refractivity contribution >= 4 is 0 Å². The highest BCUT2D eigenvalue weighted by atomic mass is 19.1. The van der Waals surface area contributed by atoms with E-state index in [4.69, 9.17) is 0 Å². The fourth-order valence-electron chi connectivity index (χ4n) is 2.09. The van der Waals surface area contributed by atoms with E-state index in [-0.39, 0.29) is 5.82 Å². The van der Waals surface area contributed by atoms with Gasteiger partial charge in [0.05, 0.1) is 0 Å². The summed E-state index contributed by atoms with van der Waals surface area (Å²) in [6.45, 7) is 1.51. The van der Waals surface area contributed by atoms with Crippen molar-refractivity contribution in [1.82, 2.24) is 5.32 Å². The Morgan fingerprint density at radius 3 is 2.87 bits per heavy atom. The number of rotatable bonds is 1. The van der Waals surface area contributed by atoms with Crippen molar-refractivity contribution in [2.75, 3.05) is 13.1 Å². The third-order valence-corrected chi connectivity index (χ3v) is 2.97. The summed E-state index contributed by atoms with van der Waals surface area (Å²) in [6, 6.07) is 5.91. The molecule has 0 aliphatic carbocycles. The van der Waals surface area contributed by atoms with E-state index in [0.717, 1.165) is 13.0 Å². The molecule has 0 radical (unpaired) electrons. The van der Waals surface area contributed by atoms with Gasteiger partial charge in [0, 0.05) is 0 Å². The van der Waals surface area contributed by atoms with E-state index >= 15 is 0 Å². The molecule has 0 amide bonds. The molecule has 0 aromatic heterocycles. The molecule has 1 atom stereocenters. The van der Waals surface area contributed by atoms with Crippen molar-refractivity contribution in [3.63, 3.8) is 0 Å². The lowest BCUT2D eigenvalue weighted by Gasteiger charge is -2.23. The minimum atomic E-state index is -1.36. The standard InChI is InChI=1S/C12H15F2N/c13-11-4-1-3-10(9-11)12(14)5-2-7-15-8-6-12/h1,3-4,9,15H,2,5-8H2. The quantitative estimate of drug-likeness (QED) is 0.753. The van der Waals surface area contributed by atoms with E-state index < -0.39 is 5.67 Å². The van der Waals surface area contributed by atoms with Gasteiger partial charge < -0.3 is 5.32 Å². The van der Waals surface area contributed by atoms with E-state index in [1.807, 2.05) is 0 Å². The summed E-state index contributed by atoms with van der Waals surface area (Å²) in [5.74, 6) is -0.360. The van der Waals surface area contributed by atoms with Gasteiger partial charge in [-0.1, -0.05) is 12.1 Å². The predicted octanol–water partition coefficient (Wildman–Crippen LogP) is 2.76. The fourth-order valence-corrected chi connectivity index (χ4v) is 2.09. The van der Waals surface area contributed by atoms with E-state index in [9.17, 15) is 8.78 Å². The van der Waals surface area contributed by atoms with E-state index in [1.54, 1.807) is 12.1 Å². The highest BCUT2D eigenvalue weighted by Crippen LogP contribution is 2.35. The molecule has 1 aromatic rings. The third kappa shape index (κ3) is 2.34. The van der Waals surface area contributed by atoms with Gasteiger partial charge in [-0.25, -0.2) is 8.78 Å². The Morgan fingerprint density at radius 1 is 1.20 bits per heavy atom. The lowest BCUT2D eigenvalue weighted by molar-refractivity contribution is 0.144. The molecule has 2 rings (SSSR count). The van der Waals surface area contributed by atoms with Crippen LogP contribution in [0, 0.1) is 5.82 Å². The zero-order valence-corrected chi connectivity index (χ0v) is 8.60. The van der Waals surface area contributed by atoms with Gasteiger partial charge in [-0.3, -0.25) is 0 Å². The van der Waals surface area contributed by atoms with Gasteiger partial charge in [0.2, 0.25) is 0 Å². The van der Waals surface area contributed by atoms with Crippen LogP contribution in [0.3, 0.4) is 0 Å². The Balaban J connectivity index is 2.26. The molecule has 15 heavy (non-hydrogen) atoms. The Hall–Kier alpha value is -0.960. The van der Waals surface area contributed by atoms with Gasteiger partial charge in [0.15, 0.2) is 0 Å². The molecule has 1 fully saturated rings. The molecule has 1 unspecified atom stereocenters. The number of alkyl halides is 1. The van der Waals surface area contributed by atoms with Crippen molar-refractivity contribution in [3.8, 4) is 0 Å². The molecule has 0 spiro atoms. The summed E-state index contributed by atoms with van der Waals surface area (Å²) in [6.07, 6.45) is 1.70. The topological polar surface area (TPSA) is 12.0 Å². The summed E-state index contributed by atoms with van der Waals surface area (Å²) in [4.78, 5) is 0. The van der Waals surface area contributed by atoms with Crippen LogP contribution in [0.15, 0.2) is 24.3 Å². The lowest BCUT2D eigenvalue weighted by atomic mass is 9.89. The summed E-state index contributed by atoms with van der Waals surface area (Å²) < 4.78 is 27.5. The van der Waals surface area contributed by atoms with Crippen LogP contribution in [0.1, 0.15) is 24.8 Å². The molecule has 0 saturated carbocycles. The average Bonchev–Trinajstić information content (AvgIpc) is 2.44. The first-order valence-corrected chi connectivity index (χ1v) is 5.36. The first-order chi connectivity index (χ1) is 7.21. The summed E-state index contributed by atoms with van der Waals surface area (Å²) in [5, 5.41) is 3.15. The molecule has 0 bridgehead atoms. The molecule has 1 aromatic carbocycles. The number of hydrogen-bond acceptors (Lipinski definition) is 1. The highest BCUT2D eigenvalue weighted by Gasteiger charge is 2.32. The Labute approximate surface area is 88.5 Å². The van der Waals surface area contributed by atoms with Crippen LogP contribution in [0.5, 0.6) is 0 Å². The molecule has 1 aliphatic rings. The Kier molecular flexibility index (Phi) is 3.00. The average molecular weight is 211 g/mol. The lowest BCUT2D eigenvalue weighted by Crippen LogP contribution is -2.22. The molecule has 1 aliphatic heterocycles. The van der Waals surface area contributed by atoms with Crippen LogP contribution in [-0.4, -0.2) is 13.1 Å². The first kappa shape index (κ1) is 10.6. The van der Waals surface area contributed by atoms with E-state index in [0.29, 0.717) is 24.9 Å². The summed E-state index contributed by atoms with van der Waals surface area (Å²) >= 11 is 0. The van der Waals surface area contributed by atoms with Gasteiger partial charge in [-0.05, 0) is 50.0 Å². The van der Waals surface area contributed by atoms with Crippen LogP contribution in [0.4, 0.5) is 8.78 Å². The molecule has 1 N–H and O–H groups in total. The van der Waals surface area contributed by atoms with Crippen LogP contribution in [0.25, 0.3) is 0 Å². The van der Waals surface area contributed by atoms with Crippen LogP contribution in [0.2, 0.25) is 0 Å². The van der Waals surface area contributed by atoms with Crippen molar-refractivity contribution < 1.29 is 8.78 Å². The maximum atomic E-state index is 14.5. The van der Waals surface area contributed by atoms with Gasteiger partial charge >= 0.3 is 0 Å². The summed E-state index contributed by atoms with van der Waals surface area (Å²) in [7, 11) is 0. The van der Waals surface area contributed by atoms with Crippen molar-refractivity contribution in [1.29, 1.82) is 0 Å². The van der Waals surface area contributed by atoms with Crippen molar-refractivity contribution in [2.24, 2.45) is 0 Å². The predicted molar refractivity (Wildman–Crippen MR) is 55.9 cm³/mol. The zero-order chi connectivity index (χ0) is 10.7. The molecule has 3 heteroatoms. The van der Waals surface area contributed by atoms with Crippen LogP contribution in [-0.2, 0) is 5.67 Å². The second-order valence-electron chi connectivity index (χ2n) is 4.08. The van der Waals surface area contributed by atoms with Crippen LogP contribution < -0.4 is 5.32 Å². The second kappa shape index (κ2) is 4.27. The minimum absolute atomic E-state index is 0.360. The number of hydrogen-bond donors (Lipinski definition) is 1. The maximum Gasteiger partial charge on any atom is 0.137 e. The number of benzene rings is 1. The minimum Gasteiger partial charge on any atom is -0.317 e. The van der Waals surface area contributed by atoms with Crippen molar-refractivity contribution in [3.05, 3.63) is 35.6 Å². The highest BCUT2D eigenvalue weighted by molar-refractivity contribution is 5.23. The molecule has 82 valence electrons. The third-order valence-electron chi connectivity index (χ3n) is 2.97. The monoisotopic (exact) mass is 211 g/mol. The molecule has 1 nitrogen and oxygen atoms in total. The normalized spacial score (nSPS) is 27.3. The summed E-state index contributed by atoms with van der Waals surface area (Å²) in [5.41, 5.74) is -0.878. The second-order valence-corrected chi connectivity index (χ2v) is 4.08. The van der Waals surface area contributed by atoms with Gasteiger partial charge in [-0.15, -0.1) is 0 Å². The zero-order valence-electron chi connectivity index (χ0n) is 8.60. The largest absolute Gasteiger partial charge is 0.317 e. The number of nitrogens with one attached hydrogen (secondary N) is 1. The van der Waals surface area contributed by atoms with Gasteiger partial charge in [-0.2, -0.15) is 0 Å². The first-order valence-electron chi connectivity index (χ1n) is 5.36.